The van der Waals surface area contributed by atoms with Crippen molar-refractivity contribution in [1.29, 1.82) is 0 Å². The summed E-state index contributed by atoms with van der Waals surface area (Å²) >= 11 is 0. The first kappa shape index (κ1) is 9.93. The van der Waals surface area contributed by atoms with E-state index in [4.69, 9.17) is 4.74 Å². The molecular weight excluding hydrogens is 180 g/mol. The third-order valence-corrected chi connectivity index (χ3v) is 3.07. The van der Waals surface area contributed by atoms with Gasteiger partial charge >= 0.3 is 0 Å². The summed E-state index contributed by atoms with van der Waals surface area (Å²) in [4.78, 5) is 11.7. The lowest BCUT2D eigenvalue weighted by molar-refractivity contribution is -0.130. The number of amides is 1. The molecule has 0 aromatic heterocycles. The summed E-state index contributed by atoms with van der Waals surface area (Å²) in [5.74, 6) is 0.600. The van der Waals surface area contributed by atoms with E-state index in [9.17, 15) is 4.79 Å². The molecule has 0 aromatic rings. The number of carbonyl (C=O) groups is 1. The first-order valence-electron chi connectivity index (χ1n) is 5.40. The molecule has 3 unspecified atom stereocenters. The minimum absolute atomic E-state index is 0.0723. The zero-order valence-electron chi connectivity index (χ0n) is 8.58. The highest BCUT2D eigenvalue weighted by Gasteiger charge is 2.29. The summed E-state index contributed by atoms with van der Waals surface area (Å²) in [5.41, 5.74) is 0. The van der Waals surface area contributed by atoms with Crippen LogP contribution in [0.2, 0.25) is 0 Å². The maximum atomic E-state index is 11.7. The third-order valence-electron chi connectivity index (χ3n) is 3.07. The number of rotatable bonds is 2. The van der Waals surface area contributed by atoms with Gasteiger partial charge in [0.15, 0.2) is 0 Å². The molecule has 2 N–H and O–H groups in total. The summed E-state index contributed by atoms with van der Waals surface area (Å²) in [6, 6.07) is 0.284. The smallest absolute Gasteiger partial charge is 0.249 e. The largest absolute Gasteiger partial charge is 0.368 e. The van der Waals surface area contributed by atoms with Gasteiger partial charge in [-0.05, 0) is 25.3 Å². The van der Waals surface area contributed by atoms with Gasteiger partial charge in [-0.1, -0.05) is 6.92 Å². The van der Waals surface area contributed by atoms with Crippen molar-refractivity contribution in [3.8, 4) is 0 Å². The van der Waals surface area contributed by atoms with Crippen molar-refractivity contribution >= 4 is 5.91 Å². The van der Waals surface area contributed by atoms with Gasteiger partial charge in [-0.3, -0.25) is 4.79 Å². The molecule has 0 radical (unpaired) electrons. The van der Waals surface area contributed by atoms with E-state index in [1.54, 1.807) is 0 Å². The number of nitrogens with one attached hydrogen (secondary N) is 2. The van der Waals surface area contributed by atoms with E-state index in [-0.39, 0.29) is 18.1 Å². The summed E-state index contributed by atoms with van der Waals surface area (Å²) in [5, 5.41) is 6.31. The lowest BCUT2D eigenvalue weighted by Gasteiger charge is -2.18. The van der Waals surface area contributed by atoms with Crippen LogP contribution in [-0.4, -0.2) is 37.7 Å². The predicted octanol–water partition coefficient (Wildman–Crippen LogP) is -0.110. The van der Waals surface area contributed by atoms with Gasteiger partial charge in [0, 0.05) is 19.2 Å². The van der Waals surface area contributed by atoms with Crippen LogP contribution in [0, 0.1) is 5.92 Å². The fourth-order valence-corrected chi connectivity index (χ4v) is 2.06. The Kier molecular flexibility index (Phi) is 3.03. The van der Waals surface area contributed by atoms with E-state index >= 15 is 0 Å². The van der Waals surface area contributed by atoms with Crippen molar-refractivity contribution in [3.05, 3.63) is 0 Å². The molecule has 1 amide bonds. The average molecular weight is 198 g/mol. The van der Waals surface area contributed by atoms with Gasteiger partial charge in [-0.25, -0.2) is 0 Å². The van der Waals surface area contributed by atoms with Crippen molar-refractivity contribution in [2.45, 2.75) is 31.9 Å². The summed E-state index contributed by atoms with van der Waals surface area (Å²) in [6.45, 7) is 4.77. The second-order valence-electron chi connectivity index (χ2n) is 4.25. The van der Waals surface area contributed by atoms with Crippen molar-refractivity contribution in [2.24, 2.45) is 5.92 Å². The molecule has 80 valence electrons. The van der Waals surface area contributed by atoms with Gasteiger partial charge in [-0.2, -0.15) is 0 Å². The Labute approximate surface area is 84.4 Å². The topological polar surface area (TPSA) is 50.4 Å². The molecule has 0 saturated carbocycles. The molecular formula is C10H18N2O2. The molecule has 14 heavy (non-hydrogen) atoms. The lowest BCUT2D eigenvalue weighted by Crippen LogP contribution is -2.44. The first-order valence-corrected chi connectivity index (χ1v) is 5.40. The zero-order chi connectivity index (χ0) is 9.97. The van der Waals surface area contributed by atoms with Crippen LogP contribution in [0.1, 0.15) is 19.8 Å². The summed E-state index contributed by atoms with van der Waals surface area (Å²) in [6.07, 6.45) is 1.69. The zero-order valence-corrected chi connectivity index (χ0v) is 8.58. The normalized spacial score (nSPS) is 37.4. The van der Waals surface area contributed by atoms with Crippen LogP contribution in [0.3, 0.4) is 0 Å². The highest BCUT2D eigenvalue weighted by Crippen LogP contribution is 2.14. The van der Waals surface area contributed by atoms with Gasteiger partial charge in [0.1, 0.15) is 6.10 Å². The molecule has 3 atom stereocenters. The maximum Gasteiger partial charge on any atom is 0.249 e. The predicted molar refractivity (Wildman–Crippen MR) is 52.9 cm³/mol. The van der Waals surface area contributed by atoms with E-state index in [2.05, 4.69) is 17.6 Å². The maximum absolute atomic E-state index is 11.7. The quantitative estimate of drug-likeness (QED) is 0.651. The Hall–Kier alpha value is -0.610. The second kappa shape index (κ2) is 4.28. The first-order chi connectivity index (χ1) is 6.77. The molecule has 4 heteroatoms. The molecule has 0 aliphatic carbocycles. The van der Waals surface area contributed by atoms with Crippen LogP contribution in [0.15, 0.2) is 0 Å². The van der Waals surface area contributed by atoms with E-state index in [1.807, 2.05) is 0 Å². The molecule has 2 rings (SSSR count). The fourth-order valence-electron chi connectivity index (χ4n) is 2.06. The van der Waals surface area contributed by atoms with E-state index < -0.39 is 0 Å². The van der Waals surface area contributed by atoms with E-state index in [0.717, 1.165) is 32.5 Å². The fraction of sp³-hybridized carbons (Fsp3) is 0.900. The molecule has 2 aliphatic heterocycles. The minimum atomic E-state index is -0.192. The molecule has 2 aliphatic rings. The van der Waals surface area contributed by atoms with Crippen molar-refractivity contribution in [3.63, 3.8) is 0 Å². The van der Waals surface area contributed by atoms with Crippen LogP contribution in [0.25, 0.3) is 0 Å². The lowest BCUT2D eigenvalue weighted by atomic mass is 10.1. The Morgan fingerprint density at radius 2 is 2.36 bits per heavy atom. The van der Waals surface area contributed by atoms with Gasteiger partial charge in [0.25, 0.3) is 0 Å². The SMILES string of the molecule is CC1CNCC1NC(=O)C1CCCO1. The molecule has 0 aromatic carbocycles. The van der Waals surface area contributed by atoms with Crippen LogP contribution in [0.4, 0.5) is 0 Å². The van der Waals surface area contributed by atoms with Crippen molar-refractivity contribution in [2.75, 3.05) is 19.7 Å². The molecule has 2 heterocycles. The number of carbonyl (C=O) groups excluding carboxylic acids is 1. The Morgan fingerprint density at radius 3 is 2.93 bits per heavy atom. The highest BCUT2D eigenvalue weighted by atomic mass is 16.5. The second-order valence-corrected chi connectivity index (χ2v) is 4.25. The van der Waals surface area contributed by atoms with Crippen molar-refractivity contribution < 1.29 is 9.53 Å². The molecule has 0 bridgehead atoms. The van der Waals surface area contributed by atoms with Gasteiger partial charge in [-0.15, -0.1) is 0 Å². The van der Waals surface area contributed by atoms with Crippen LogP contribution >= 0.6 is 0 Å². The van der Waals surface area contributed by atoms with Gasteiger partial charge in [0.2, 0.25) is 5.91 Å². The van der Waals surface area contributed by atoms with Crippen molar-refractivity contribution in [1.82, 2.24) is 10.6 Å². The summed E-state index contributed by atoms with van der Waals surface area (Å²) < 4.78 is 5.33. The van der Waals surface area contributed by atoms with Gasteiger partial charge < -0.3 is 15.4 Å². The minimum Gasteiger partial charge on any atom is -0.368 e. The van der Waals surface area contributed by atoms with Gasteiger partial charge in [0.05, 0.1) is 0 Å². The van der Waals surface area contributed by atoms with E-state index in [1.165, 1.54) is 0 Å². The molecule has 2 fully saturated rings. The average Bonchev–Trinajstić information content (AvgIpc) is 2.77. The number of hydrogen-bond acceptors (Lipinski definition) is 3. The van der Waals surface area contributed by atoms with E-state index in [0.29, 0.717) is 5.92 Å². The molecule has 0 spiro atoms. The Morgan fingerprint density at radius 1 is 1.50 bits per heavy atom. The Bertz CT molecular complexity index is 214. The van der Waals surface area contributed by atoms with Crippen LogP contribution in [0.5, 0.6) is 0 Å². The van der Waals surface area contributed by atoms with Crippen LogP contribution < -0.4 is 10.6 Å². The van der Waals surface area contributed by atoms with Crippen LogP contribution in [-0.2, 0) is 9.53 Å². The monoisotopic (exact) mass is 198 g/mol. The molecule has 4 nitrogen and oxygen atoms in total. The summed E-state index contributed by atoms with van der Waals surface area (Å²) in [7, 11) is 0. The third kappa shape index (κ3) is 2.07. The standard InChI is InChI=1S/C10H18N2O2/c1-7-5-11-6-8(7)12-10(13)9-3-2-4-14-9/h7-9,11H,2-6H2,1H3,(H,12,13). The highest BCUT2D eigenvalue weighted by molar-refractivity contribution is 5.81. The molecule has 2 saturated heterocycles. The number of ether oxygens (including phenoxy) is 1. The Balaban J connectivity index is 1.81. The number of hydrogen-bond donors (Lipinski definition) is 2.